The molecule has 1 amide bonds. The fraction of sp³-hybridized carbons (Fsp3) is 0.524. The number of carbonyl (C=O) groups is 1. The molecular weight excluding hydrogens is 360 g/mol. The number of hydrogen-bond donors (Lipinski definition) is 2. The predicted molar refractivity (Wildman–Crippen MR) is 111 cm³/mol. The van der Waals surface area contributed by atoms with E-state index in [9.17, 15) is 4.79 Å². The first-order chi connectivity index (χ1) is 12.4. The Kier molecular flexibility index (Phi) is 7.06. The third-order valence-corrected chi connectivity index (χ3v) is 5.13. The number of hydrogen-bond acceptors (Lipinski definition) is 3. The molecule has 6 heteroatoms. The zero-order valence-corrected chi connectivity index (χ0v) is 17.5. The molecule has 1 aliphatic heterocycles. The van der Waals surface area contributed by atoms with E-state index in [1.807, 2.05) is 29.1 Å². The van der Waals surface area contributed by atoms with Crippen LogP contribution in [0.25, 0.3) is 0 Å². The normalized spacial score (nSPS) is 18.4. The Bertz CT molecular complexity index is 760. The Morgan fingerprint density at radius 2 is 2.04 bits per heavy atom. The smallest absolute Gasteiger partial charge is 0.272 e. The van der Waals surface area contributed by atoms with E-state index in [-0.39, 0.29) is 29.8 Å². The van der Waals surface area contributed by atoms with Crippen molar-refractivity contribution >= 4 is 18.3 Å². The fourth-order valence-corrected chi connectivity index (χ4v) is 3.60. The summed E-state index contributed by atoms with van der Waals surface area (Å²) in [6.45, 7) is 10.5. The molecule has 1 aromatic carbocycles. The van der Waals surface area contributed by atoms with Crippen LogP contribution in [0.15, 0.2) is 36.5 Å². The second-order valence-electron chi connectivity index (χ2n) is 8.31. The predicted octanol–water partition coefficient (Wildman–Crippen LogP) is 4.06. The van der Waals surface area contributed by atoms with Gasteiger partial charge in [0.2, 0.25) is 0 Å². The van der Waals surface area contributed by atoms with Gasteiger partial charge in [-0.15, -0.1) is 12.4 Å². The highest BCUT2D eigenvalue weighted by molar-refractivity contribution is 5.92. The van der Waals surface area contributed by atoms with Crippen LogP contribution in [0.5, 0.6) is 0 Å². The van der Waals surface area contributed by atoms with Crippen molar-refractivity contribution in [2.24, 2.45) is 5.41 Å². The van der Waals surface area contributed by atoms with Gasteiger partial charge in [-0.05, 0) is 48.9 Å². The maximum atomic E-state index is 12.9. The lowest BCUT2D eigenvalue weighted by Crippen LogP contribution is -2.37. The lowest BCUT2D eigenvalue weighted by molar-refractivity contribution is 0.0895. The van der Waals surface area contributed by atoms with Gasteiger partial charge in [-0.1, -0.05) is 45.0 Å². The number of rotatable bonds is 4. The minimum absolute atomic E-state index is 0. The molecule has 2 aromatic rings. The summed E-state index contributed by atoms with van der Waals surface area (Å²) in [5.74, 6) is -0.115. The highest BCUT2D eigenvalue weighted by atomic mass is 35.5. The molecule has 2 unspecified atom stereocenters. The Balaban J connectivity index is 0.00000261. The highest BCUT2D eigenvalue weighted by Gasteiger charge is 2.30. The van der Waals surface area contributed by atoms with Gasteiger partial charge in [-0.3, -0.25) is 9.48 Å². The molecule has 5 nitrogen and oxygen atoms in total. The van der Waals surface area contributed by atoms with Crippen molar-refractivity contribution in [1.82, 2.24) is 20.4 Å². The zero-order chi connectivity index (χ0) is 18.7. The zero-order valence-electron chi connectivity index (χ0n) is 16.7. The average molecular weight is 391 g/mol. The maximum Gasteiger partial charge on any atom is 0.272 e. The number of nitrogens with one attached hydrogen (secondary N) is 2. The SMILES string of the molecule is Cc1ccccc1C(NC(=O)c1ccn(C2CCCNC2)n1)C(C)(C)C.Cl. The van der Waals surface area contributed by atoms with E-state index in [2.05, 4.69) is 55.6 Å². The van der Waals surface area contributed by atoms with Crippen LogP contribution in [0, 0.1) is 12.3 Å². The molecule has 148 valence electrons. The van der Waals surface area contributed by atoms with Gasteiger partial charge in [0.15, 0.2) is 0 Å². The number of benzene rings is 1. The quantitative estimate of drug-likeness (QED) is 0.827. The van der Waals surface area contributed by atoms with Crippen molar-refractivity contribution in [2.75, 3.05) is 13.1 Å². The first kappa shape index (κ1) is 21.5. The highest BCUT2D eigenvalue weighted by Crippen LogP contribution is 2.34. The summed E-state index contributed by atoms with van der Waals surface area (Å²) in [4.78, 5) is 12.9. The third kappa shape index (κ3) is 5.11. The van der Waals surface area contributed by atoms with Crippen molar-refractivity contribution in [3.05, 3.63) is 53.3 Å². The molecule has 0 bridgehead atoms. The molecule has 0 aliphatic carbocycles. The summed E-state index contributed by atoms with van der Waals surface area (Å²) >= 11 is 0. The monoisotopic (exact) mass is 390 g/mol. The van der Waals surface area contributed by atoms with E-state index in [4.69, 9.17) is 0 Å². The second kappa shape index (κ2) is 8.89. The molecule has 3 rings (SSSR count). The van der Waals surface area contributed by atoms with Crippen LogP contribution < -0.4 is 10.6 Å². The van der Waals surface area contributed by atoms with Crippen LogP contribution in [0.1, 0.15) is 67.3 Å². The second-order valence-corrected chi connectivity index (χ2v) is 8.31. The van der Waals surface area contributed by atoms with E-state index in [1.165, 1.54) is 5.56 Å². The summed E-state index contributed by atoms with van der Waals surface area (Å²) in [5.41, 5.74) is 2.73. The molecule has 2 atom stereocenters. The topological polar surface area (TPSA) is 59.0 Å². The van der Waals surface area contributed by atoms with Crippen molar-refractivity contribution in [3.8, 4) is 0 Å². The van der Waals surface area contributed by atoms with Gasteiger partial charge < -0.3 is 10.6 Å². The first-order valence-corrected chi connectivity index (χ1v) is 9.48. The Labute approximate surface area is 168 Å². The number of halogens is 1. The maximum absolute atomic E-state index is 12.9. The van der Waals surface area contributed by atoms with Crippen molar-refractivity contribution < 1.29 is 4.79 Å². The number of nitrogens with zero attached hydrogens (tertiary/aromatic N) is 2. The van der Waals surface area contributed by atoms with Crippen molar-refractivity contribution in [2.45, 2.75) is 52.6 Å². The summed E-state index contributed by atoms with van der Waals surface area (Å²) in [5, 5.41) is 11.2. The lowest BCUT2D eigenvalue weighted by Gasteiger charge is -2.32. The molecule has 1 aromatic heterocycles. The Morgan fingerprint density at radius 3 is 2.67 bits per heavy atom. The standard InChI is InChI=1S/C21H30N4O.ClH/c1-15-8-5-6-10-17(15)19(21(2,3)4)23-20(26)18-11-13-25(24-18)16-9-7-12-22-14-16;/h5-6,8,10-11,13,16,19,22H,7,9,12,14H2,1-4H3,(H,23,26);1H. The minimum atomic E-state index is -0.115. The van der Waals surface area contributed by atoms with Gasteiger partial charge in [-0.25, -0.2) is 0 Å². The van der Waals surface area contributed by atoms with Crippen molar-refractivity contribution in [1.29, 1.82) is 0 Å². The molecule has 0 spiro atoms. The summed E-state index contributed by atoms with van der Waals surface area (Å²) in [7, 11) is 0. The van der Waals surface area contributed by atoms with E-state index >= 15 is 0 Å². The van der Waals surface area contributed by atoms with Gasteiger partial charge in [0.05, 0.1) is 12.1 Å². The van der Waals surface area contributed by atoms with Crippen molar-refractivity contribution in [3.63, 3.8) is 0 Å². The molecule has 2 heterocycles. The van der Waals surface area contributed by atoms with E-state index in [1.54, 1.807) is 0 Å². The van der Waals surface area contributed by atoms with E-state index in [0.29, 0.717) is 11.7 Å². The number of carbonyl (C=O) groups excluding carboxylic acids is 1. The number of aromatic nitrogens is 2. The fourth-order valence-electron chi connectivity index (χ4n) is 3.60. The molecule has 1 aliphatic rings. The molecular formula is C21H31ClN4O. The summed E-state index contributed by atoms with van der Waals surface area (Å²) < 4.78 is 1.93. The largest absolute Gasteiger partial charge is 0.343 e. The van der Waals surface area contributed by atoms with E-state index in [0.717, 1.165) is 31.5 Å². The Hall–Kier alpha value is -1.85. The first-order valence-electron chi connectivity index (χ1n) is 9.48. The van der Waals surface area contributed by atoms with Crippen LogP contribution in [-0.2, 0) is 0 Å². The van der Waals surface area contributed by atoms with Gasteiger partial charge in [0, 0.05) is 12.7 Å². The van der Waals surface area contributed by atoms with Gasteiger partial charge in [0.25, 0.3) is 5.91 Å². The van der Waals surface area contributed by atoms with Gasteiger partial charge >= 0.3 is 0 Å². The van der Waals surface area contributed by atoms with E-state index < -0.39 is 0 Å². The summed E-state index contributed by atoms with van der Waals surface area (Å²) in [6, 6.07) is 10.3. The molecule has 1 fully saturated rings. The van der Waals surface area contributed by atoms with Crippen LogP contribution in [-0.4, -0.2) is 28.8 Å². The molecule has 2 N–H and O–H groups in total. The van der Waals surface area contributed by atoms with Crippen LogP contribution in [0.4, 0.5) is 0 Å². The molecule has 0 saturated carbocycles. The summed E-state index contributed by atoms with van der Waals surface area (Å²) in [6.07, 6.45) is 4.17. The average Bonchev–Trinajstić information content (AvgIpc) is 3.10. The van der Waals surface area contributed by atoms with Crippen LogP contribution in [0.2, 0.25) is 0 Å². The minimum Gasteiger partial charge on any atom is -0.343 e. The lowest BCUT2D eigenvalue weighted by atomic mass is 9.81. The van der Waals surface area contributed by atoms with Gasteiger partial charge in [-0.2, -0.15) is 5.10 Å². The molecule has 27 heavy (non-hydrogen) atoms. The number of piperidine rings is 1. The van der Waals surface area contributed by atoms with Crippen LogP contribution in [0.3, 0.4) is 0 Å². The van der Waals surface area contributed by atoms with Gasteiger partial charge in [0.1, 0.15) is 5.69 Å². The molecule has 0 radical (unpaired) electrons. The Morgan fingerprint density at radius 1 is 1.30 bits per heavy atom. The number of amides is 1. The molecule has 1 saturated heterocycles. The third-order valence-electron chi connectivity index (χ3n) is 5.13. The van der Waals surface area contributed by atoms with Crippen LogP contribution >= 0.6 is 12.4 Å². The number of aryl methyl sites for hydroxylation is 1.